The first-order chi connectivity index (χ1) is 12.5. The first-order valence-corrected chi connectivity index (χ1v) is 9.83. The number of nitrogens with zero attached hydrogens (tertiary/aromatic N) is 2. The third kappa shape index (κ3) is 4.05. The molecule has 3 aromatic rings. The second kappa shape index (κ2) is 7.87. The van der Waals surface area contributed by atoms with E-state index in [0.717, 1.165) is 33.8 Å². The van der Waals surface area contributed by atoms with Crippen LogP contribution in [0.1, 0.15) is 41.9 Å². The molecule has 0 atom stereocenters. The van der Waals surface area contributed by atoms with Crippen LogP contribution in [0.5, 0.6) is 0 Å². The number of aromatic nitrogens is 2. The Balaban J connectivity index is 2.01. The van der Waals surface area contributed by atoms with Crippen LogP contribution in [0.3, 0.4) is 0 Å². The lowest BCUT2D eigenvalue weighted by Crippen LogP contribution is -2.27. The van der Waals surface area contributed by atoms with Crippen molar-refractivity contribution in [3.05, 3.63) is 58.6 Å². The zero-order valence-electron chi connectivity index (χ0n) is 15.7. The number of rotatable bonds is 6. The molecule has 1 N–H and O–H groups in total. The van der Waals surface area contributed by atoms with Gasteiger partial charge in [-0.25, -0.2) is 4.68 Å². The Labute approximate surface area is 158 Å². The van der Waals surface area contributed by atoms with E-state index < -0.39 is 0 Å². The minimum Gasteiger partial charge on any atom is -0.351 e. The number of hydrogen-bond acceptors (Lipinski definition) is 3. The van der Waals surface area contributed by atoms with Gasteiger partial charge in [-0.3, -0.25) is 4.79 Å². The van der Waals surface area contributed by atoms with Crippen LogP contribution in [-0.2, 0) is 0 Å². The van der Waals surface area contributed by atoms with E-state index in [4.69, 9.17) is 5.10 Å². The molecular formula is C21H25N3OS. The zero-order chi connectivity index (χ0) is 18.7. The molecule has 0 bridgehead atoms. The number of nitrogens with one attached hydrogen (secondary N) is 1. The molecule has 3 rings (SSSR count). The number of hydrogen-bond donors (Lipinski definition) is 1. The van der Waals surface area contributed by atoms with E-state index in [1.165, 1.54) is 0 Å². The largest absolute Gasteiger partial charge is 0.351 e. The van der Waals surface area contributed by atoms with Crippen molar-refractivity contribution in [2.75, 3.05) is 6.54 Å². The molecule has 1 amide bonds. The SMILES string of the molecule is Cc1ccc(C)c(-n2nc(-c3cccs3)cc2C(=O)NCCC(C)C)c1. The second-order valence-corrected chi connectivity index (χ2v) is 7.98. The van der Waals surface area contributed by atoms with Gasteiger partial charge in [-0.15, -0.1) is 11.3 Å². The standard InChI is InChI=1S/C21H25N3OS/c1-14(2)9-10-22-21(25)19-13-17(20-6-5-11-26-20)23-24(19)18-12-15(3)7-8-16(18)4/h5-8,11-14H,9-10H2,1-4H3,(H,22,25). The Morgan fingerprint density at radius 2 is 2.04 bits per heavy atom. The number of amides is 1. The fourth-order valence-electron chi connectivity index (χ4n) is 2.78. The van der Waals surface area contributed by atoms with E-state index in [0.29, 0.717) is 18.2 Å². The summed E-state index contributed by atoms with van der Waals surface area (Å²) in [4.78, 5) is 13.9. The molecule has 2 aromatic heterocycles. The van der Waals surface area contributed by atoms with E-state index in [9.17, 15) is 4.79 Å². The van der Waals surface area contributed by atoms with Gasteiger partial charge in [0.1, 0.15) is 11.4 Å². The first kappa shape index (κ1) is 18.4. The predicted octanol–water partition coefficient (Wildman–Crippen LogP) is 4.99. The van der Waals surface area contributed by atoms with E-state index in [1.807, 2.05) is 30.5 Å². The van der Waals surface area contributed by atoms with Crippen LogP contribution in [0.25, 0.3) is 16.3 Å². The van der Waals surface area contributed by atoms with E-state index in [2.05, 4.69) is 44.3 Å². The first-order valence-electron chi connectivity index (χ1n) is 8.95. The summed E-state index contributed by atoms with van der Waals surface area (Å²) in [6.45, 7) is 9.07. The molecule has 0 spiro atoms. The fraction of sp³-hybridized carbons (Fsp3) is 0.333. The van der Waals surface area contributed by atoms with Gasteiger partial charge in [-0.05, 0) is 60.9 Å². The maximum atomic E-state index is 12.8. The van der Waals surface area contributed by atoms with Crippen LogP contribution in [0.4, 0.5) is 0 Å². The van der Waals surface area contributed by atoms with Crippen molar-refractivity contribution < 1.29 is 4.79 Å². The van der Waals surface area contributed by atoms with Gasteiger partial charge in [0.05, 0.1) is 10.6 Å². The maximum Gasteiger partial charge on any atom is 0.270 e. The Morgan fingerprint density at radius 1 is 1.23 bits per heavy atom. The summed E-state index contributed by atoms with van der Waals surface area (Å²) in [5, 5.41) is 9.81. The van der Waals surface area contributed by atoms with Gasteiger partial charge in [0.15, 0.2) is 0 Å². The van der Waals surface area contributed by atoms with E-state index >= 15 is 0 Å². The lowest BCUT2D eigenvalue weighted by molar-refractivity contribution is 0.0944. The van der Waals surface area contributed by atoms with Crippen molar-refractivity contribution in [3.8, 4) is 16.3 Å². The van der Waals surface area contributed by atoms with Crippen molar-refractivity contribution in [3.63, 3.8) is 0 Å². The summed E-state index contributed by atoms with van der Waals surface area (Å²) in [5.74, 6) is 0.475. The molecule has 0 fully saturated rings. The third-order valence-corrected chi connectivity index (χ3v) is 5.21. The quantitative estimate of drug-likeness (QED) is 0.667. The van der Waals surface area contributed by atoms with Crippen molar-refractivity contribution in [1.82, 2.24) is 15.1 Å². The number of thiophene rings is 1. The molecular weight excluding hydrogens is 342 g/mol. The summed E-state index contributed by atoms with van der Waals surface area (Å²) in [5.41, 5.74) is 4.58. The van der Waals surface area contributed by atoms with Crippen LogP contribution >= 0.6 is 11.3 Å². The van der Waals surface area contributed by atoms with Gasteiger partial charge < -0.3 is 5.32 Å². The monoisotopic (exact) mass is 367 g/mol. The molecule has 1 aromatic carbocycles. The van der Waals surface area contributed by atoms with Crippen molar-refractivity contribution in [2.45, 2.75) is 34.1 Å². The predicted molar refractivity (Wildman–Crippen MR) is 108 cm³/mol. The van der Waals surface area contributed by atoms with Crippen LogP contribution in [0, 0.1) is 19.8 Å². The summed E-state index contributed by atoms with van der Waals surface area (Å²) in [6.07, 6.45) is 0.959. The van der Waals surface area contributed by atoms with E-state index in [1.54, 1.807) is 16.0 Å². The molecule has 0 unspecified atom stereocenters. The number of carbonyl (C=O) groups excluding carboxylic acids is 1. The van der Waals surface area contributed by atoms with Crippen molar-refractivity contribution in [2.24, 2.45) is 5.92 Å². The molecule has 2 heterocycles. The zero-order valence-corrected chi connectivity index (χ0v) is 16.6. The molecule has 0 aliphatic heterocycles. The Kier molecular flexibility index (Phi) is 5.57. The average Bonchev–Trinajstić information content (AvgIpc) is 3.25. The third-order valence-electron chi connectivity index (χ3n) is 4.32. The molecule has 0 aliphatic carbocycles. The lowest BCUT2D eigenvalue weighted by Gasteiger charge is -2.12. The average molecular weight is 368 g/mol. The number of benzene rings is 1. The van der Waals surface area contributed by atoms with E-state index in [-0.39, 0.29) is 5.91 Å². The minimum atomic E-state index is -0.0816. The Morgan fingerprint density at radius 3 is 2.73 bits per heavy atom. The Hall–Kier alpha value is -2.40. The van der Waals surface area contributed by atoms with Crippen LogP contribution < -0.4 is 5.32 Å². The normalized spacial score (nSPS) is 11.1. The molecule has 136 valence electrons. The molecule has 0 radical (unpaired) electrons. The van der Waals surface area contributed by atoms with Gasteiger partial charge in [0.2, 0.25) is 0 Å². The maximum absolute atomic E-state index is 12.8. The van der Waals surface area contributed by atoms with Crippen molar-refractivity contribution in [1.29, 1.82) is 0 Å². The van der Waals surface area contributed by atoms with Crippen molar-refractivity contribution >= 4 is 17.2 Å². The summed E-state index contributed by atoms with van der Waals surface area (Å²) in [7, 11) is 0. The highest BCUT2D eigenvalue weighted by atomic mass is 32.1. The van der Waals surface area contributed by atoms with Crippen LogP contribution in [-0.4, -0.2) is 22.2 Å². The minimum absolute atomic E-state index is 0.0816. The molecule has 26 heavy (non-hydrogen) atoms. The second-order valence-electron chi connectivity index (χ2n) is 7.03. The van der Waals surface area contributed by atoms with Gasteiger partial charge in [-0.2, -0.15) is 5.10 Å². The molecule has 0 aliphatic rings. The number of aryl methyl sites for hydroxylation is 2. The highest BCUT2D eigenvalue weighted by Gasteiger charge is 2.19. The Bertz CT molecular complexity index is 894. The fourth-order valence-corrected chi connectivity index (χ4v) is 3.47. The van der Waals surface area contributed by atoms with Gasteiger partial charge in [0.25, 0.3) is 5.91 Å². The lowest BCUT2D eigenvalue weighted by atomic mass is 10.1. The molecule has 4 nitrogen and oxygen atoms in total. The topological polar surface area (TPSA) is 46.9 Å². The molecule has 5 heteroatoms. The summed E-state index contributed by atoms with van der Waals surface area (Å²) < 4.78 is 1.78. The smallest absolute Gasteiger partial charge is 0.270 e. The highest BCUT2D eigenvalue weighted by molar-refractivity contribution is 7.13. The summed E-state index contributed by atoms with van der Waals surface area (Å²) in [6, 6.07) is 12.1. The van der Waals surface area contributed by atoms with Crippen LogP contribution in [0.2, 0.25) is 0 Å². The summed E-state index contributed by atoms with van der Waals surface area (Å²) >= 11 is 1.63. The van der Waals surface area contributed by atoms with Gasteiger partial charge in [-0.1, -0.05) is 32.0 Å². The highest BCUT2D eigenvalue weighted by Crippen LogP contribution is 2.27. The van der Waals surface area contributed by atoms with Crippen LogP contribution in [0.15, 0.2) is 41.8 Å². The number of carbonyl (C=O) groups is 1. The molecule has 0 saturated heterocycles. The molecule has 0 saturated carbocycles. The van der Waals surface area contributed by atoms with Gasteiger partial charge in [0, 0.05) is 6.54 Å². The van der Waals surface area contributed by atoms with Gasteiger partial charge >= 0.3 is 0 Å².